The molecule has 5 nitrogen and oxygen atoms in total. The standard InChI is InChI=1S/C14H26N2O3/c1-3-4-7-12(13(17)18)15-14(19)16-9-5-6-11(2)8-10-16/h11-12H,3-10H2,1-2H3,(H,15,19)(H,17,18)/t11?,12-/m0/s1. The van der Waals surface area contributed by atoms with Crippen molar-refractivity contribution >= 4 is 12.0 Å². The maximum atomic E-state index is 12.1. The van der Waals surface area contributed by atoms with E-state index in [0.717, 1.165) is 45.2 Å². The van der Waals surface area contributed by atoms with Crippen molar-refractivity contribution in [2.75, 3.05) is 13.1 Å². The lowest BCUT2D eigenvalue weighted by Gasteiger charge is -2.23. The van der Waals surface area contributed by atoms with E-state index < -0.39 is 12.0 Å². The van der Waals surface area contributed by atoms with Gasteiger partial charge >= 0.3 is 12.0 Å². The number of carbonyl (C=O) groups excluding carboxylic acids is 1. The smallest absolute Gasteiger partial charge is 0.326 e. The van der Waals surface area contributed by atoms with E-state index in [-0.39, 0.29) is 6.03 Å². The molecule has 0 aromatic carbocycles. The van der Waals surface area contributed by atoms with Crippen LogP contribution in [0.1, 0.15) is 52.4 Å². The summed E-state index contributed by atoms with van der Waals surface area (Å²) in [5.74, 6) is -0.293. The molecule has 0 radical (unpaired) electrons. The Hall–Kier alpha value is -1.26. The molecule has 1 unspecified atom stereocenters. The van der Waals surface area contributed by atoms with E-state index >= 15 is 0 Å². The van der Waals surface area contributed by atoms with Gasteiger partial charge in [-0.25, -0.2) is 9.59 Å². The molecule has 1 aliphatic rings. The monoisotopic (exact) mass is 270 g/mol. The number of aliphatic carboxylic acids is 1. The summed E-state index contributed by atoms with van der Waals surface area (Å²) in [5.41, 5.74) is 0. The number of hydrogen-bond donors (Lipinski definition) is 2. The number of nitrogens with zero attached hydrogens (tertiary/aromatic N) is 1. The van der Waals surface area contributed by atoms with Crippen LogP contribution in [0.4, 0.5) is 4.79 Å². The fraction of sp³-hybridized carbons (Fsp3) is 0.857. The maximum Gasteiger partial charge on any atom is 0.326 e. The van der Waals surface area contributed by atoms with Crippen LogP contribution in [0, 0.1) is 5.92 Å². The topological polar surface area (TPSA) is 69.6 Å². The van der Waals surface area contributed by atoms with Gasteiger partial charge in [0.25, 0.3) is 0 Å². The molecule has 19 heavy (non-hydrogen) atoms. The highest BCUT2D eigenvalue weighted by atomic mass is 16.4. The predicted molar refractivity (Wildman–Crippen MR) is 74.1 cm³/mol. The number of amides is 2. The van der Waals surface area contributed by atoms with Crippen LogP contribution >= 0.6 is 0 Å². The molecule has 5 heteroatoms. The van der Waals surface area contributed by atoms with Gasteiger partial charge < -0.3 is 15.3 Å². The quantitative estimate of drug-likeness (QED) is 0.806. The van der Waals surface area contributed by atoms with Crippen molar-refractivity contribution in [1.29, 1.82) is 0 Å². The van der Waals surface area contributed by atoms with Crippen LogP contribution < -0.4 is 5.32 Å². The van der Waals surface area contributed by atoms with Gasteiger partial charge in [0.05, 0.1) is 0 Å². The van der Waals surface area contributed by atoms with Crippen molar-refractivity contribution in [3.05, 3.63) is 0 Å². The SMILES string of the molecule is CCCC[C@H](NC(=O)N1CCCC(C)CC1)C(=O)O. The molecule has 0 saturated carbocycles. The number of carboxylic acid groups (broad SMARTS) is 1. The Kier molecular flexibility index (Phi) is 6.67. The lowest BCUT2D eigenvalue weighted by molar-refractivity contribution is -0.139. The van der Waals surface area contributed by atoms with Gasteiger partial charge in [0.1, 0.15) is 6.04 Å². The number of hydrogen-bond acceptors (Lipinski definition) is 2. The first-order valence-corrected chi connectivity index (χ1v) is 7.32. The van der Waals surface area contributed by atoms with E-state index in [1.807, 2.05) is 6.92 Å². The second-order valence-electron chi connectivity index (χ2n) is 5.51. The van der Waals surface area contributed by atoms with Crippen LogP contribution in [0.2, 0.25) is 0 Å². The average Bonchev–Trinajstić information content (AvgIpc) is 2.58. The van der Waals surface area contributed by atoms with Crippen LogP contribution in [-0.4, -0.2) is 41.1 Å². The number of carboxylic acids is 1. The Morgan fingerprint density at radius 1 is 1.37 bits per heavy atom. The Balaban J connectivity index is 2.48. The van der Waals surface area contributed by atoms with Crippen LogP contribution in [0.25, 0.3) is 0 Å². The van der Waals surface area contributed by atoms with Gasteiger partial charge in [0.2, 0.25) is 0 Å². The predicted octanol–water partition coefficient (Wildman–Crippen LogP) is 2.46. The molecule has 110 valence electrons. The third-order valence-electron chi connectivity index (χ3n) is 3.75. The van der Waals surface area contributed by atoms with E-state index in [1.165, 1.54) is 0 Å². The van der Waals surface area contributed by atoms with Crippen molar-refractivity contribution in [2.45, 2.75) is 58.4 Å². The molecule has 0 aromatic heterocycles. The van der Waals surface area contributed by atoms with Crippen molar-refractivity contribution < 1.29 is 14.7 Å². The second kappa shape index (κ2) is 8.02. The molecule has 1 heterocycles. The Morgan fingerprint density at radius 3 is 2.74 bits per heavy atom. The fourth-order valence-electron chi connectivity index (χ4n) is 2.37. The zero-order valence-corrected chi connectivity index (χ0v) is 12.0. The maximum absolute atomic E-state index is 12.1. The highest BCUT2D eigenvalue weighted by Gasteiger charge is 2.24. The van der Waals surface area contributed by atoms with Gasteiger partial charge in [-0.2, -0.15) is 0 Å². The Bertz CT molecular complexity index is 307. The van der Waals surface area contributed by atoms with Crippen LogP contribution in [0.3, 0.4) is 0 Å². The Labute approximate surface area is 115 Å². The lowest BCUT2D eigenvalue weighted by atomic mass is 10.0. The third-order valence-corrected chi connectivity index (χ3v) is 3.75. The normalized spacial score (nSPS) is 21.6. The number of likely N-dealkylation sites (tertiary alicyclic amines) is 1. The zero-order valence-electron chi connectivity index (χ0n) is 12.0. The summed E-state index contributed by atoms with van der Waals surface area (Å²) >= 11 is 0. The first kappa shape index (κ1) is 15.8. The van der Waals surface area contributed by atoms with Crippen LogP contribution in [-0.2, 0) is 4.79 Å². The summed E-state index contributed by atoms with van der Waals surface area (Å²) in [5, 5.41) is 11.8. The van der Waals surface area contributed by atoms with Crippen LogP contribution in [0.15, 0.2) is 0 Å². The molecular weight excluding hydrogens is 244 g/mol. The molecule has 2 amide bonds. The minimum Gasteiger partial charge on any atom is -0.480 e. The van der Waals surface area contributed by atoms with Crippen molar-refractivity contribution in [3.8, 4) is 0 Å². The number of carbonyl (C=O) groups is 2. The Morgan fingerprint density at radius 2 is 2.11 bits per heavy atom. The first-order chi connectivity index (χ1) is 9.04. The molecule has 2 N–H and O–H groups in total. The van der Waals surface area contributed by atoms with Gasteiger partial charge in [-0.15, -0.1) is 0 Å². The summed E-state index contributed by atoms with van der Waals surface area (Å²) in [6.45, 7) is 5.67. The molecule has 1 fully saturated rings. The second-order valence-corrected chi connectivity index (χ2v) is 5.51. The highest BCUT2D eigenvalue weighted by Crippen LogP contribution is 2.16. The molecular formula is C14H26N2O3. The van der Waals surface area contributed by atoms with Crippen LogP contribution in [0.5, 0.6) is 0 Å². The summed E-state index contributed by atoms with van der Waals surface area (Å²) in [7, 11) is 0. The minimum atomic E-state index is -0.940. The van der Waals surface area contributed by atoms with E-state index in [0.29, 0.717) is 12.3 Å². The molecule has 0 spiro atoms. The number of unbranched alkanes of at least 4 members (excludes halogenated alkanes) is 1. The summed E-state index contributed by atoms with van der Waals surface area (Å²) in [4.78, 5) is 25.0. The zero-order chi connectivity index (χ0) is 14.3. The minimum absolute atomic E-state index is 0.224. The first-order valence-electron chi connectivity index (χ1n) is 7.32. The molecule has 1 rings (SSSR count). The molecule has 0 bridgehead atoms. The number of rotatable bonds is 5. The van der Waals surface area contributed by atoms with E-state index in [2.05, 4.69) is 12.2 Å². The van der Waals surface area contributed by atoms with Gasteiger partial charge in [-0.3, -0.25) is 0 Å². The van der Waals surface area contributed by atoms with Crippen molar-refractivity contribution in [3.63, 3.8) is 0 Å². The molecule has 1 saturated heterocycles. The molecule has 2 atom stereocenters. The van der Waals surface area contributed by atoms with Crippen molar-refractivity contribution in [2.24, 2.45) is 5.92 Å². The lowest BCUT2D eigenvalue weighted by Crippen LogP contribution is -2.48. The summed E-state index contributed by atoms with van der Waals surface area (Å²) in [6, 6.07) is -0.981. The van der Waals surface area contributed by atoms with E-state index in [9.17, 15) is 9.59 Å². The fourth-order valence-corrected chi connectivity index (χ4v) is 2.37. The van der Waals surface area contributed by atoms with E-state index in [1.54, 1.807) is 4.90 Å². The molecule has 0 aliphatic carbocycles. The number of nitrogens with one attached hydrogen (secondary N) is 1. The van der Waals surface area contributed by atoms with Gasteiger partial charge in [-0.1, -0.05) is 26.7 Å². The summed E-state index contributed by atoms with van der Waals surface area (Å²) < 4.78 is 0. The molecule has 1 aliphatic heterocycles. The highest BCUT2D eigenvalue weighted by molar-refractivity contribution is 5.82. The van der Waals surface area contributed by atoms with E-state index in [4.69, 9.17) is 5.11 Å². The average molecular weight is 270 g/mol. The number of urea groups is 1. The summed E-state index contributed by atoms with van der Waals surface area (Å²) in [6.07, 6.45) is 5.39. The van der Waals surface area contributed by atoms with Crippen molar-refractivity contribution in [1.82, 2.24) is 10.2 Å². The molecule has 0 aromatic rings. The van der Waals surface area contributed by atoms with Gasteiger partial charge in [0.15, 0.2) is 0 Å². The van der Waals surface area contributed by atoms with Gasteiger partial charge in [-0.05, 0) is 31.6 Å². The largest absolute Gasteiger partial charge is 0.480 e. The van der Waals surface area contributed by atoms with Gasteiger partial charge in [0, 0.05) is 13.1 Å². The third kappa shape index (κ3) is 5.49.